The van der Waals surface area contributed by atoms with Crippen LogP contribution in [0.4, 0.5) is 0 Å². The zero-order chi connectivity index (χ0) is 20.1. The number of carbonyl (C=O) groups is 1. The van der Waals surface area contributed by atoms with Crippen molar-refractivity contribution in [2.45, 2.75) is 51.7 Å². The molecule has 0 aromatic heterocycles. The molecule has 0 fully saturated rings. The number of carboxylic acid groups (broad SMARTS) is 1. The number of rotatable bonds is 8. The van der Waals surface area contributed by atoms with Crippen molar-refractivity contribution in [3.8, 4) is 0 Å². The van der Waals surface area contributed by atoms with Gasteiger partial charge in [0.1, 0.15) is 7.14 Å². The molecular weight excluding hydrogens is 396 g/mol. The van der Waals surface area contributed by atoms with E-state index < -0.39 is 24.3 Å². The second-order valence-corrected chi connectivity index (χ2v) is 10.8. The molecular formula is C22H27KNO3P. The number of hydrogen-bond donors (Lipinski definition) is 0. The Labute approximate surface area is 210 Å². The van der Waals surface area contributed by atoms with Crippen molar-refractivity contribution in [1.82, 2.24) is 0 Å². The average molecular weight is 424 g/mol. The summed E-state index contributed by atoms with van der Waals surface area (Å²) in [6, 6.07) is 18.1. The Hall–Kier alpha value is -0.554. The van der Waals surface area contributed by atoms with Crippen LogP contribution in [0.2, 0.25) is 0 Å². The first-order valence-electron chi connectivity index (χ1n) is 9.18. The average Bonchev–Trinajstić information content (AvgIpc) is 2.66. The Kier molecular flexibility index (Phi) is 10.0. The summed E-state index contributed by atoms with van der Waals surface area (Å²) in [6.45, 7) is 7.49. The molecule has 2 rings (SSSR count). The monoisotopic (exact) mass is 423 g/mol. The topological polar surface area (TPSA) is 69.6 Å². The molecule has 0 radical (unpaired) electrons. The van der Waals surface area contributed by atoms with E-state index in [1.807, 2.05) is 74.5 Å². The second-order valence-electron chi connectivity index (χ2n) is 7.38. The Balaban J connectivity index is 0.00000392. The summed E-state index contributed by atoms with van der Waals surface area (Å²) in [6.07, 6.45) is 0.799. The van der Waals surface area contributed by atoms with E-state index in [0.717, 1.165) is 10.6 Å². The van der Waals surface area contributed by atoms with Gasteiger partial charge in [0.2, 0.25) is 0 Å². The summed E-state index contributed by atoms with van der Waals surface area (Å²) in [5.74, 6) is -1.18. The van der Waals surface area contributed by atoms with Gasteiger partial charge in [0.25, 0.3) is 0 Å². The van der Waals surface area contributed by atoms with Crippen LogP contribution < -0.4 is 67.1 Å². The Morgan fingerprint density at radius 3 is 1.82 bits per heavy atom. The number of carboxylic acids is 1. The van der Waals surface area contributed by atoms with Gasteiger partial charge in [0, 0.05) is 21.5 Å². The number of benzene rings is 2. The molecule has 0 aliphatic rings. The number of carbonyl (C=O) groups excluding carboxylic acids is 1. The van der Waals surface area contributed by atoms with Gasteiger partial charge in [0.15, 0.2) is 0 Å². The largest absolute Gasteiger partial charge is 1.00 e. The molecule has 0 N–H and O–H groups in total. The molecule has 2 aromatic rings. The standard InChI is InChI=1S/C22H28NO3P.K/c1-5-20(21(24)25)23-17(2)16-22(3,4)27(26,18-12-8-6-9-13-18)19-14-10-7-11-15-19;/h6-15,20H,5,16H2,1-4H3,(H,24,25);/q;+1/p-1. The Morgan fingerprint density at radius 1 is 1.04 bits per heavy atom. The molecule has 1 unspecified atom stereocenters. The van der Waals surface area contributed by atoms with E-state index in [1.54, 1.807) is 13.8 Å². The van der Waals surface area contributed by atoms with Crippen LogP contribution in [0.5, 0.6) is 0 Å². The third kappa shape index (κ3) is 5.75. The summed E-state index contributed by atoms with van der Waals surface area (Å²) in [5.41, 5.74) is 0.670. The van der Waals surface area contributed by atoms with Gasteiger partial charge in [-0.2, -0.15) is 0 Å². The van der Waals surface area contributed by atoms with Gasteiger partial charge in [-0.05, 0) is 19.8 Å². The summed E-state index contributed by atoms with van der Waals surface area (Å²) in [4.78, 5) is 15.5. The Morgan fingerprint density at radius 2 is 1.46 bits per heavy atom. The van der Waals surface area contributed by atoms with Gasteiger partial charge in [-0.1, -0.05) is 81.4 Å². The Bertz CT molecular complexity index is 807. The predicted octanol–water partition coefficient (Wildman–Crippen LogP) is 0.163. The number of nitrogens with zero attached hydrogens (tertiary/aromatic N) is 1. The minimum atomic E-state index is -3.00. The zero-order valence-electron chi connectivity index (χ0n) is 17.4. The third-order valence-electron chi connectivity index (χ3n) is 4.82. The van der Waals surface area contributed by atoms with Gasteiger partial charge >= 0.3 is 51.4 Å². The summed E-state index contributed by atoms with van der Waals surface area (Å²) in [7, 11) is -3.00. The normalized spacial score (nSPS) is 13.5. The molecule has 4 nitrogen and oxygen atoms in total. The minimum Gasteiger partial charge on any atom is -0.548 e. The third-order valence-corrected chi connectivity index (χ3v) is 8.73. The smallest absolute Gasteiger partial charge is 0.548 e. The van der Waals surface area contributed by atoms with Crippen molar-refractivity contribution >= 4 is 29.4 Å². The first-order chi connectivity index (χ1) is 12.7. The minimum absolute atomic E-state index is 0. The van der Waals surface area contributed by atoms with Gasteiger partial charge in [-0.25, -0.2) is 0 Å². The van der Waals surface area contributed by atoms with E-state index in [4.69, 9.17) is 0 Å². The van der Waals surface area contributed by atoms with Gasteiger partial charge in [0.05, 0.1) is 12.0 Å². The van der Waals surface area contributed by atoms with Crippen molar-refractivity contribution < 1.29 is 65.9 Å². The van der Waals surface area contributed by atoms with Crippen molar-refractivity contribution in [3.05, 3.63) is 60.7 Å². The molecule has 0 heterocycles. The van der Waals surface area contributed by atoms with Crippen LogP contribution in [0.1, 0.15) is 40.5 Å². The van der Waals surface area contributed by atoms with E-state index >= 15 is 0 Å². The van der Waals surface area contributed by atoms with Crippen LogP contribution in [0.25, 0.3) is 0 Å². The maximum atomic E-state index is 14.5. The quantitative estimate of drug-likeness (QED) is 0.345. The van der Waals surface area contributed by atoms with Crippen molar-refractivity contribution in [2.24, 2.45) is 4.99 Å². The van der Waals surface area contributed by atoms with Crippen LogP contribution in [0, 0.1) is 0 Å². The molecule has 144 valence electrons. The fourth-order valence-electron chi connectivity index (χ4n) is 3.48. The van der Waals surface area contributed by atoms with E-state index in [0.29, 0.717) is 18.6 Å². The summed E-state index contributed by atoms with van der Waals surface area (Å²) >= 11 is 0. The fraction of sp³-hybridized carbons (Fsp3) is 0.364. The zero-order valence-corrected chi connectivity index (χ0v) is 21.4. The predicted molar refractivity (Wildman–Crippen MR) is 111 cm³/mol. The van der Waals surface area contributed by atoms with Crippen LogP contribution in [0.15, 0.2) is 65.7 Å². The molecule has 0 saturated carbocycles. The van der Waals surface area contributed by atoms with Crippen LogP contribution in [-0.2, 0) is 9.36 Å². The maximum absolute atomic E-state index is 14.5. The van der Waals surface area contributed by atoms with Crippen molar-refractivity contribution in [1.29, 1.82) is 0 Å². The van der Waals surface area contributed by atoms with Crippen molar-refractivity contribution in [2.75, 3.05) is 0 Å². The van der Waals surface area contributed by atoms with Gasteiger partial charge in [-0.3, -0.25) is 4.99 Å². The molecule has 6 heteroatoms. The molecule has 0 amide bonds. The van der Waals surface area contributed by atoms with Gasteiger partial charge in [-0.15, -0.1) is 0 Å². The SMILES string of the molecule is CCC(N=C(C)CC(C)(C)P(=O)(c1ccccc1)c1ccccc1)C(=O)[O-].[K+]. The first kappa shape index (κ1) is 25.5. The fourth-order valence-corrected chi connectivity index (χ4v) is 6.82. The number of hydrogen-bond acceptors (Lipinski definition) is 4. The van der Waals surface area contributed by atoms with E-state index in [-0.39, 0.29) is 51.4 Å². The number of aliphatic imine (C=N–C) groups is 1. The first-order valence-corrected chi connectivity index (χ1v) is 10.9. The molecule has 0 bridgehead atoms. The molecule has 0 aliphatic heterocycles. The molecule has 0 saturated heterocycles. The molecule has 0 aliphatic carbocycles. The molecule has 1 atom stereocenters. The van der Waals surface area contributed by atoms with Crippen LogP contribution >= 0.6 is 7.14 Å². The summed E-state index contributed by atoms with van der Waals surface area (Å²) in [5, 5.41) is 12.2. The van der Waals surface area contributed by atoms with E-state index in [9.17, 15) is 14.5 Å². The second kappa shape index (κ2) is 11.0. The van der Waals surface area contributed by atoms with Crippen LogP contribution in [0.3, 0.4) is 0 Å². The summed E-state index contributed by atoms with van der Waals surface area (Å²) < 4.78 is 14.5. The molecule has 28 heavy (non-hydrogen) atoms. The van der Waals surface area contributed by atoms with E-state index in [2.05, 4.69) is 4.99 Å². The van der Waals surface area contributed by atoms with E-state index in [1.165, 1.54) is 0 Å². The molecule has 2 aromatic carbocycles. The van der Waals surface area contributed by atoms with Gasteiger partial charge < -0.3 is 14.5 Å². The number of aliphatic carboxylic acids is 1. The van der Waals surface area contributed by atoms with Crippen molar-refractivity contribution in [3.63, 3.8) is 0 Å². The van der Waals surface area contributed by atoms with Crippen LogP contribution in [-0.4, -0.2) is 22.9 Å². The molecule has 0 spiro atoms. The maximum Gasteiger partial charge on any atom is 1.00 e.